The van der Waals surface area contributed by atoms with E-state index in [0.717, 1.165) is 25.2 Å². The van der Waals surface area contributed by atoms with Crippen LogP contribution in [0.2, 0.25) is 0 Å². The number of benzene rings is 1. The lowest BCUT2D eigenvalue weighted by Gasteiger charge is -2.30. The van der Waals surface area contributed by atoms with E-state index >= 15 is 0 Å². The highest BCUT2D eigenvalue weighted by Gasteiger charge is 2.18. The van der Waals surface area contributed by atoms with Gasteiger partial charge in [0.1, 0.15) is 0 Å². The van der Waals surface area contributed by atoms with Crippen LogP contribution < -0.4 is 5.32 Å². The van der Waals surface area contributed by atoms with E-state index in [4.69, 9.17) is 0 Å². The van der Waals surface area contributed by atoms with Crippen molar-refractivity contribution >= 4 is 5.91 Å². The summed E-state index contributed by atoms with van der Waals surface area (Å²) in [5, 5.41) is 13.0. The molecule has 1 atom stereocenters. The normalized spacial score (nSPS) is 15.6. The van der Waals surface area contributed by atoms with Crippen molar-refractivity contribution in [2.45, 2.75) is 26.0 Å². The quantitative estimate of drug-likeness (QED) is 0.875. The second-order valence-electron chi connectivity index (χ2n) is 6.31. The van der Waals surface area contributed by atoms with E-state index in [0.29, 0.717) is 12.1 Å². The van der Waals surface area contributed by atoms with Gasteiger partial charge in [0.25, 0.3) is 5.91 Å². The highest BCUT2D eigenvalue weighted by molar-refractivity contribution is 5.93. The zero-order valence-corrected chi connectivity index (χ0v) is 13.9. The van der Waals surface area contributed by atoms with E-state index in [-0.39, 0.29) is 12.5 Å². The van der Waals surface area contributed by atoms with Gasteiger partial charge in [-0.2, -0.15) is 0 Å². The van der Waals surface area contributed by atoms with Crippen molar-refractivity contribution in [3.05, 3.63) is 65.0 Å². The summed E-state index contributed by atoms with van der Waals surface area (Å²) in [5.41, 5.74) is 4.10. The van der Waals surface area contributed by atoms with Crippen LogP contribution in [0.5, 0.6) is 0 Å². The summed E-state index contributed by atoms with van der Waals surface area (Å²) >= 11 is 0. The highest BCUT2D eigenvalue weighted by Crippen LogP contribution is 2.18. The Kier molecular flexibility index (Phi) is 5.23. The molecule has 0 bridgehead atoms. The Labute approximate surface area is 142 Å². The number of fused-ring (bicyclic) bond motifs is 1. The summed E-state index contributed by atoms with van der Waals surface area (Å²) in [5.74, 6) is -0.203. The fourth-order valence-electron chi connectivity index (χ4n) is 2.99. The SMILES string of the molecule is Cc1ccc(C(=O)NC[C@@H](O)CN2CCc3ccccc3C2)cn1. The van der Waals surface area contributed by atoms with Crippen LogP contribution in [0, 0.1) is 6.92 Å². The first-order valence-electron chi connectivity index (χ1n) is 8.30. The molecule has 1 aliphatic rings. The molecule has 2 N–H and O–H groups in total. The van der Waals surface area contributed by atoms with Crippen LogP contribution in [0.15, 0.2) is 42.6 Å². The lowest BCUT2D eigenvalue weighted by atomic mass is 10.00. The third kappa shape index (κ3) is 4.19. The zero-order chi connectivity index (χ0) is 16.9. The molecule has 2 heterocycles. The first-order chi connectivity index (χ1) is 11.6. The van der Waals surface area contributed by atoms with Gasteiger partial charge in [0, 0.05) is 38.1 Å². The van der Waals surface area contributed by atoms with Crippen molar-refractivity contribution in [3.63, 3.8) is 0 Å². The summed E-state index contributed by atoms with van der Waals surface area (Å²) in [6.45, 7) is 4.46. The number of β-amino-alcohol motifs (C(OH)–C–C–N with tert-alkyl or cyclic N) is 1. The fraction of sp³-hybridized carbons (Fsp3) is 0.368. The summed E-state index contributed by atoms with van der Waals surface area (Å²) in [6, 6.07) is 12.0. The number of aliphatic hydroxyl groups is 1. The minimum atomic E-state index is -0.586. The average Bonchev–Trinajstić information content (AvgIpc) is 2.60. The monoisotopic (exact) mass is 325 g/mol. The Bertz CT molecular complexity index is 700. The predicted molar refractivity (Wildman–Crippen MR) is 92.7 cm³/mol. The fourth-order valence-corrected chi connectivity index (χ4v) is 2.99. The number of rotatable bonds is 5. The number of amides is 1. The minimum absolute atomic E-state index is 0.203. The van der Waals surface area contributed by atoms with Crippen molar-refractivity contribution in [1.82, 2.24) is 15.2 Å². The van der Waals surface area contributed by atoms with Crippen LogP contribution in [0.3, 0.4) is 0 Å². The van der Waals surface area contributed by atoms with E-state index in [2.05, 4.69) is 39.5 Å². The molecule has 0 aliphatic carbocycles. The molecule has 1 aliphatic heterocycles. The lowest BCUT2D eigenvalue weighted by molar-refractivity contribution is 0.0841. The maximum absolute atomic E-state index is 12.0. The van der Waals surface area contributed by atoms with Crippen LogP contribution in [0.25, 0.3) is 0 Å². The van der Waals surface area contributed by atoms with Gasteiger partial charge < -0.3 is 10.4 Å². The minimum Gasteiger partial charge on any atom is -0.390 e. The molecule has 3 rings (SSSR count). The Morgan fingerprint density at radius 2 is 2.08 bits per heavy atom. The largest absolute Gasteiger partial charge is 0.390 e. The zero-order valence-electron chi connectivity index (χ0n) is 13.9. The number of aliphatic hydroxyl groups excluding tert-OH is 1. The molecule has 0 saturated carbocycles. The molecule has 0 spiro atoms. The molecule has 0 saturated heterocycles. The first-order valence-corrected chi connectivity index (χ1v) is 8.30. The topological polar surface area (TPSA) is 65.5 Å². The van der Waals surface area contributed by atoms with E-state index in [9.17, 15) is 9.90 Å². The number of hydrogen-bond acceptors (Lipinski definition) is 4. The number of pyridine rings is 1. The molecule has 0 fully saturated rings. The molecule has 1 amide bonds. The van der Waals surface area contributed by atoms with Crippen molar-refractivity contribution in [2.24, 2.45) is 0 Å². The molecule has 1 aromatic carbocycles. The van der Waals surface area contributed by atoms with Crippen LogP contribution in [0.4, 0.5) is 0 Å². The van der Waals surface area contributed by atoms with Crippen LogP contribution >= 0.6 is 0 Å². The third-order valence-electron chi connectivity index (χ3n) is 4.35. The van der Waals surface area contributed by atoms with Crippen LogP contribution in [-0.2, 0) is 13.0 Å². The number of nitrogens with zero attached hydrogens (tertiary/aromatic N) is 2. The van der Waals surface area contributed by atoms with Gasteiger partial charge in [0.05, 0.1) is 11.7 Å². The van der Waals surface area contributed by atoms with Gasteiger partial charge >= 0.3 is 0 Å². The molecular formula is C19H23N3O2. The van der Waals surface area contributed by atoms with Gasteiger partial charge in [0.15, 0.2) is 0 Å². The molecule has 5 heteroatoms. The number of nitrogens with one attached hydrogen (secondary N) is 1. The highest BCUT2D eigenvalue weighted by atomic mass is 16.3. The summed E-state index contributed by atoms with van der Waals surface area (Å²) in [4.78, 5) is 18.4. The molecule has 0 unspecified atom stereocenters. The first kappa shape index (κ1) is 16.6. The molecule has 126 valence electrons. The number of carbonyl (C=O) groups is 1. The molecule has 1 aromatic heterocycles. The maximum Gasteiger partial charge on any atom is 0.252 e. The molecule has 0 radical (unpaired) electrons. The van der Waals surface area contributed by atoms with Gasteiger partial charge in [-0.1, -0.05) is 24.3 Å². The summed E-state index contributed by atoms with van der Waals surface area (Å²) in [7, 11) is 0. The average molecular weight is 325 g/mol. The number of aromatic nitrogens is 1. The van der Waals surface area contributed by atoms with Crippen molar-refractivity contribution in [2.75, 3.05) is 19.6 Å². The third-order valence-corrected chi connectivity index (χ3v) is 4.35. The Hall–Kier alpha value is -2.24. The number of hydrogen-bond donors (Lipinski definition) is 2. The molecule has 24 heavy (non-hydrogen) atoms. The van der Waals surface area contributed by atoms with Crippen molar-refractivity contribution < 1.29 is 9.90 Å². The Balaban J connectivity index is 1.47. The van der Waals surface area contributed by atoms with E-state index in [1.807, 2.05) is 6.92 Å². The van der Waals surface area contributed by atoms with Gasteiger partial charge in [0.2, 0.25) is 0 Å². The summed E-state index contributed by atoms with van der Waals surface area (Å²) in [6.07, 6.45) is 1.97. The van der Waals surface area contributed by atoms with Crippen LogP contribution in [0.1, 0.15) is 27.2 Å². The van der Waals surface area contributed by atoms with Gasteiger partial charge in [-0.15, -0.1) is 0 Å². The molecular weight excluding hydrogens is 302 g/mol. The molecule has 5 nitrogen and oxygen atoms in total. The summed E-state index contributed by atoms with van der Waals surface area (Å²) < 4.78 is 0. The standard InChI is InChI=1S/C19H23N3O2/c1-14-6-7-16(10-20-14)19(24)21-11-18(23)13-22-9-8-15-4-2-3-5-17(15)12-22/h2-7,10,18,23H,8-9,11-13H2,1H3,(H,21,24)/t18-/m1/s1. The van der Waals surface area contributed by atoms with Gasteiger partial charge in [-0.05, 0) is 36.6 Å². The Morgan fingerprint density at radius 1 is 1.29 bits per heavy atom. The second kappa shape index (κ2) is 7.55. The van der Waals surface area contributed by atoms with Crippen molar-refractivity contribution in [3.8, 4) is 0 Å². The van der Waals surface area contributed by atoms with Gasteiger partial charge in [-0.25, -0.2) is 0 Å². The second-order valence-corrected chi connectivity index (χ2v) is 6.31. The smallest absolute Gasteiger partial charge is 0.252 e. The van der Waals surface area contributed by atoms with Crippen LogP contribution in [-0.4, -0.2) is 46.6 Å². The number of carbonyl (C=O) groups excluding carboxylic acids is 1. The van der Waals surface area contributed by atoms with E-state index < -0.39 is 6.10 Å². The Morgan fingerprint density at radius 3 is 2.83 bits per heavy atom. The van der Waals surface area contributed by atoms with Crippen molar-refractivity contribution in [1.29, 1.82) is 0 Å². The number of aryl methyl sites for hydroxylation is 1. The van der Waals surface area contributed by atoms with E-state index in [1.165, 1.54) is 11.1 Å². The lowest BCUT2D eigenvalue weighted by Crippen LogP contribution is -2.42. The molecule has 2 aromatic rings. The van der Waals surface area contributed by atoms with Gasteiger partial charge in [-0.3, -0.25) is 14.7 Å². The van der Waals surface area contributed by atoms with E-state index in [1.54, 1.807) is 18.3 Å². The predicted octanol–water partition coefficient (Wildman–Crippen LogP) is 1.54. The maximum atomic E-state index is 12.0.